The molecule has 0 aromatic heterocycles. The summed E-state index contributed by atoms with van der Waals surface area (Å²) in [4.78, 5) is 11.7. The number of carbonyl (C=O) groups is 1. The van der Waals surface area contributed by atoms with Crippen molar-refractivity contribution in [1.29, 1.82) is 0 Å². The second kappa shape index (κ2) is 3.21. The summed E-state index contributed by atoms with van der Waals surface area (Å²) in [6, 6.07) is 10.1. The quantitative estimate of drug-likeness (QED) is 0.707. The smallest absolute Gasteiger partial charge is 0.316 e. The molecule has 1 heterocycles. The first-order chi connectivity index (χ1) is 7.75. The molecular weight excluding hydrogens is 200 g/mol. The van der Waals surface area contributed by atoms with Gasteiger partial charge < -0.3 is 4.74 Å². The van der Waals surface area contributed by atoms with Crippen molar-refractivity contribution >= 4 is 12.0 Å². The van der Waals surface area contributed by atoms with Crippen molar-refractivity contribution in [3.8, 4) is 0 Å². The molecule has 16 heavy (non-hydrogen) atoms. The molecule has 2 aliphatic rings. The molecule has 2 heteroatoms. The van der Waals surface area contributed by atoms with Crippen LogP contribution in [-0.2, 0) is 9.53 Å². The van der Waals surface area contributed by atoms with E-state index in [-0.39, 0.29) is 11.4 Å². The van der Waals surface area contributed by atoms with E-state index in [1.165, 1.54) is 0 Å². The zero-order valence-electron chi connectivity index (χ0n) is 9.22. The summed E-state index contributed by atoms with van der Waals surface area (Å²) in [6.45, 7) is 2.72. The van der Waals surface area contributed by atoms with Crippen LogP contribution in [-0.4, -0.2) is 12.6 Å². The summed E-state index contributed by atoms with van der Waals surface area (Å²) in [7, 11) is 0. The highest BCUT2D eigenvalue weighted by Gasteiger charge is 2.70. The van der Waals surface area contributed by atoms with Crippen LogP contribution in [0.15, 0.2) is 36.4 Å². The molecule has 0 spiro atoms. The van der Waals surface area contributed by atoms with E-state index in [2.05, 4.69) is 6.92 Å². The lowest BCUT2D eigenvalue weighted by Gasteiger charge is -2.05. The van der Waals surface area contributed by atoms with Crippen molar-refractivity contribution in [2.45, 2.75) is 6.92 Å². The molecule has 2 unspecified atom stereocenters. The van der Waals surface area contributed by atoms with Gasteiger partial charge in [0.1, 0.15) is 0 Å². The van der Waals surface area contributed by atoms with Crippen molar-refractivity contribution in [2.24, 2.45) is 17.3 Å². The average Bonchev–Trinajstić information content (AvgIpc) is 2.73. The molecule has 0 bridgehead atoms. The molecule has 2 nitrogen and oxygen atoms in total. The summed E-state index contributed by atoms with van der Waals surface area (Å²) in [5, 5.41) is 0. The Morgan fingerprint density at radius 3 is 2.75 bits per heavy atom. The monoisotopic (exact) mass is 214 g/mol. The third-order valence-electron chi connectivity index (χ3n) is 3.96. The Bertz CT molecular complexity index is 449. The van der Waals surface area contributed by atoms with Crippen LogP contribution < -0.4 is 0 Å². The maximum Gasteiger partial charge on any atom is 0.316 e. The molecule has 2 fully saturated rings. The second-order valence-electron chi connectivity index (χ2n) is 4.67. The van der Waals surface area contributed by atoms with Crippen LogP contribution >= 0.6 is 0 Å². The fourth-order valence-electron chi connectivity index (χ4n) is 2.73. The summed E-state index contributed by atoms with van der Waals surface area (Å²) in [5.41, 5.74) is 0.824. The molecule has 1 aliphatic carbocycles. The minimum atomic E-state index is -0.310. The maximum absolute atomic E-state index is 11.7. The molecular formula is C14H14O2. The van der Waals surface area contributed by atoms with E-state index in [4.69, 9.17) is 4.74 Å². The summed E-state index contributed by atoms with van der Waals surface area (Å²) in [5.74, 6) is 0.797. The minimum Gasteiger partial charge on any atom is -0.465 e. The van der Waals surface area contributed by atoms with Gasteiger partial charge in [-0.3, -0.25) is 4.79 Å². The topological polar surface area (TPSA) is 26.3 Å². The van der Waals surface area contributed by atoms with Crippen molar-refractivity contribution in [2.75, 3.05) is 6.61 Å². The van der Waals surface area contributed by atoms with Gasteiger partial charge in [-0.1, -0.05) is 49.4 Å². The first-order valence-electron chi connectivity index (χ1n) is 5.66. The van der Waals surface area contributed by atoms with Gasteiger partial charge in [-0.2, -0.15) is 0 Å². The van der Waals surface area contributed by atoms with E-state index in [9.17, 15) is 4.79 Å². The van der Waals surface area contributed by atoms with E-state index in [0.29, 0.717) is 18.4 Å². The van der Waals surface area contributed by atoms with Crippen LogP contribution in [0.4, 0.5) is 0 Å². The van der Waals surface area contributed by atoms with Crippen LogP contribution in [0.5, 0.6) is 0 Å². The van der Waals surface area contributed by atoms with Crippen LogP contribution in [0.1, 0.15) is 12.5 Å². The third-order valence-corrected chi connectivity index (χ3v) is 3.96. The van der Waals surface area contributed by atoms with E-state index >= 15 is 0 Å². The third kappa shape index (κ3) is 1.16. The molecule has 0 amide bonds. The van der Waals surface area contributed by atoms with E-state index in [1.807, 2.05) is 42.5 Å². The zero-order valence-corrected chi connectivity index (χ0v) is 9.22. The van der Waals surface area contributed by atoms with E-state index in [1.54, 1.807) is 0 Å². The Balaban J connectivity index is 1.86. The van der Waals surface area contributed by atoms with Gasteiger partial charge in [0.05, 0.1) is 12.0 Å². The van der Waals surface area contributed by atoms with Crippen molar-refractivity contribution in [1.82, 2.24) is 0 Å². The van der Waals surface area contributed by atoms with Gasteiger partial charge in [0.15, 0.2) is 0 Å². The van der Waals surface area contributed by atoms with E-state index in [0.717, 1.165) is 5.56 Å². The molecule has 0 radical (unpaired) electrons. The Morgan fingerprint density at radius 2 is 2.12 bits per heavy atom. The molecule has 1 aliphatic heterocycles. The number of ether oxygens (including phenoxy) is 1. The van der Waals surface area contributed by atoms with Crippen LogP contribution in [0.2, 0.25) is 0 Å². The van der Waals surface area contributed by atoms with Gasteiger partial charge in [-0.25, -0.2) is 0 Å². The van der Waals surface area contributed by atoms with Gasteiger partial charge >= 0.3 is 5.97 Å². The largest absolute Gasteiger partial charge is 0.465 e. The predicted octanol–water partition coefficient (Wildman–Crippen LogP) is 2.51. The number of cyclic esters (lactones) is 1. The molecule has 1 saturated carbocycles. The zero-order chi connectivity index (χ0) is 11.2. The standard InChI is InChI=1S/C14H14O2/c1-10-12-9-16-13(15)14(10,12)8-7-11-5-3-2-4-6-11/h2-8,10,12H,9H2,1H3/b8-7+/t10-,12?,14?/m0/s1. The molecule has 1 aromatic rings. The number of carbonyl (C=O) groups excluding carboxylic acids is 1. The van der Waals surface area contributed by atoms with E-state index < -0.39 is 0 Å². The Morgan fingerprint density at radius 1 is 1.38 bits per heavy atom. The number of benzene rings is 1. The van der Waals surface area contributed by atoms with Crippen molar-refractivity contribution in [3.63, 3.8) is 0 Å². The average molecular weight is 214 g/mol. The number of rotatable bonds is 2. The molecule has 0 N–H and O–H groups in total. The van der Waals surface area contributed by atoms with Gasteiger partial charge in [0, 0.05) is 5.92 Å². The van der Waals surface area contributed by atoms with Gasteiger partial charge in [-0.15, -0.1) is 0 Å². The normalized spacial score (nSPS) is 36.2. The molecule has 3 rings (SSSR count). The Kier molecular flexibility index (Phi) is 1.93. The first kappa shape index (κ1) is 9.64. The van der Waals surface area contributed by atoms with Crippen molar-refractivity contribution in [3.05, 3.63) is 42.0 Å². The summed E-state index contributed by atoms with van der Waals surface area (Å²) >= 11 is 0. The highest BCUT2D eigenvalue weighted by Crippen LogP contribution is 2.64. The van der Waals surface area contributed by atoms with Gasteiger partial charge in [0.25, 0.3) is 0 Å². The number of fused-ring (bicyclic) bond motifs is 1. The predicted molar refractivity (Wildman–Crippen MR) is 61.5 cm³/mol. The highest BCUT2D eigenvalue weighted by molar-refractivity contribution is 5.87. The number of hydrogen-bond acceptors (Lipinski definition) is 2. The fraction of sp³-hybridized carbons (Fsp3) is 0.357. The highest BCUT2D eigenvalue weighted by atomic mass is 16.5. The number of hydrogen-bond donors (Lipinski definition) is 0. The lowest BCUT2D eigenvalue weighted by molar-refractivity contribution is -0.144. The van der Waals surface area contributed by atoms with Crippen LogP contribution in [0.25, 0.3) is 6.08 Å². The number of esters is 1. The summed E-state index contributed by atoms with van der Waals surface area (Å²) < 4.78 is 5.09. The minimum absolute atomic E-state index is 0.0443. The molecule has 3 atom stereocenters. The lowest BCUT2D eigenvalue weighted by Crippen LogP contribution is -2.13. The molecule has 1 saturated heterocycles. The maximum atomic E-state index is 11.7. The second-order valence-corrected chi connectivity index (χ2v) is 4.67. The Labute approximate surface area is 94.9 Å². The molecule has 82 valence electrons. The first-order valence-corrected chi connectivity index (χ1v) is 5.66. The lowest BCUT2D eigenvalue weighted by atomic mass is 10.0. The SMILES string of the molecule is C[C@H]1C2COC(=O)C21/C=C/c1ccccc1. The fourth-order valence-corrected chi connectivity index (χ4v) is 2.73. The Hall–Kier alpha value is -1.57. The van der Waals surface area contributed by atoms with Crippen LogP contribution in [0.3, 0.4) is 0 Å². The van der Waals surface area contributed by atoms with Crippen LogP contribution in [0, 0.1) is 17.3 Å². The van der Waals surface area contributed by atoms with Gasteiger partial charge in [0.2, 0.25) is 0 Å². The van der Waals surface area contributed by atoms with Crippen molar-refractivity contribution < 1.29 is 9.53 Å². The molecule has 1 aromatic carbocycles. The van der Waals surface area contributed by atoms with Gasteiger partial charge in [-0.05, 0) is 11.5 Å². The summed E-state index contributed by atoms with van der Waals surface area (Å²) in [6.07, 6.45) is 4.07.